The smallest absolute Gasteiger partial charge is 0.268 e. The van der Waals surface area contributed by atoms with E-state index in [1.807, 2.05) is 13.8 Å². The summed E-state index contributed by atoms with van der Waals surface area (Å²) in [6, 6.07) is 12.2. The number of carboxylic acids is 1. The third kappa shape index (κ3) is 5.85. The van der Waals surface area contributed by atoms with Crippen molar-refractivity contribution in [2.24, 2.45) is 5.92 Å². The fourth-order valence-electron chi connectivity index (χ4n) is 3.03. The Labute approximate surface area is 179 Å². The zero-order valence-electron chi connectivity index (χ0n) is 17.2. The Kier molecular flexibility index (Phi) is 6.92. The molecule has 1 aliphatic rings. The average molecular weight is 423 g/mol. The van der Waals surface area contributed by atoms with Crippen molar-refractivity contribution in [1.82, 2.24) is 10.6 Å². The van der Waals surface area contributed by atoms with Crippen LogP contribution < -0.4 is 25.2 Å². The van der Waals surface area contributed by atoms with Crippen LogP contribution >= 0.6 is 0 Å². The van der Waals surface area contributed by atoms with Gasteiger partial charge in [0.25, 0.3) is 11.8 Å². The van der Waals surface area contributed by atoms with Gasteiger partial charge < -0.3 is 30.0 Å². The summed E-state index contributed by atoms with van der Waals surface area (Å²) in [7, 11) is 0. The second-order valence-electron chi connectivity index (χ2n) is 7.47. The van der Waals surface area contributed by atoms with E-state index in [9.17, 15) is 19.5 Å². The van der Waals surface area contributed by atoms with Gasteiger partial charge in [-0.1, -0.05) is 38.1 Å². The number of carboxylic acid groups (broad SMARTS) is 1. The molecule has 3 rings (SSSR count). The van der Waals surface area contributed by atoms with E-state index in [1.54, 1.807) is 48.5 Å². The van der Waals surface area contributed by atoms with Gasteiger partial charge in [0, 0.05) is 5.56 Å². The van der Waals surface area contributed by atoms with Crippen molar-refractivity contribution in [3.05, 3.63) is 65.4 Å². The molecule has 8 nitrogen and oxygen atoms in total. The highest BCUT2D eigenvalue weighted by molar-refractivity contribution is 6.06. The molecule has 1 heterocycles. The lowest BCUT2D eigenvalue weighted by Gasteiger charge is -2.22. The third-order valence-corrected chi connectivity index (χ3v) is 4.53. The van der Waals surface area contributed by atoms with Gasteiger partial charge in [-0.05, 0) is 48.2 Å². The Bertz CT molecular complexity index is 1000. The van der Waals surface area contributed by atoms with Gasteiger partial charge in [-0.15, -0.1) is 0 Å². The van der Waals surface area contributed by atoms with E-state index in [2.05, 4.69) is 10.6 Å². The molecule has 8 heteroatoms. The highest BCUT2D eigenvalue weighted by Crippen LogP contribution is 2.33. The molecule has 0 bridgehead atoms. The number of hydrogen-bond donors (Lipinski definition) is 2. The van der Waals surface area contributed by atoms with Gasteiger partial charge in [0.05, 0.1) is 12.0 Å². The molecule has 2 aromatic rings. The monoisotopic (exact) mass is 423 g/mol. The number of nitrogens with one attached hydrogen (secondary N) is 2. The Balaban J connectivity index is 1.88. The van der Waals surface area contributed by atoms with Gasteiger partial charge in [0.15, 0.2) is 11.5 Å². The summed E-state index contributed by atoms with van der Waals surface area (Å²) in [5, 5.41) is 16.5. The van der Waals surface area contributed by atoms with Gasteiger partial charge >= 0.3 is 0 Å². The Morgan fingerprint density at radius 2 is 1.77 bits per heavy atom. The third-order valence-electron chi connectivity index (χ3n) is 4.53. The van der Waals surface area contributed by atoms with Crippen LogP contribution in [0.4, 0.5) is 0 Å². The highest BCUT2D eigenvalue weighted by atomic mass is 16.7. The molecule has 0 saturated heterocycles. The number of carbonyl (C=O) groups excluding carboxylic acids is 3. The fraction of sp³-hybridized carbons (Fsp3) is 0.261. The summed E-state index contributed by atoms with van der Waals surface area (Å²) in [5.74, 6) is -1.53. The number of ether oxygens (including phenoxy) is 2. The molecule has 2 amide bonds. The minimum absolute atomic E-state index is 0.0170. The summed E-state index contributed by atoms with van der Waals surface area (Å²) in [6.45, 7) is 3.77. The van der Waals surface area contributed by atoms with Crippen LogP contribution in [0, 0.1) is 5.92 Å². The molecule has 0 saturated carbocycles. The molecule has 0 fully saturated rings. The molecule has 0 unspecified atom stereocenters. The van der Waals surface area contributed by atoms with Crippen molar-refractivity contribution in [3.63, 3.8) is 0 Å². The van der Waals surface area contributed by atoms with Crippen LogP contribution in [0.3, 0.4) is 0 Å². The van der Waals surface area contributed by atoms with Crippen molar-refractivity contribution in [2.75, 3.05) is 6.79 Å². The standard InChI is InChI=1S/C23H24N2O6/c1-14(2)10-18(23(28)29)25-22(27)17(24-21(26)16-6-4-3-5-7-16)11-15-8-9-19-20(12-15)31-13-30-19/h3-9,11-12,14,18H,10,13H2,1-2H3,(H,24,26)(H,25,27)(H,28,29)/p-1/b17-11-/t18-/m0/s1. The fourth-order valence-corrected chi connectivity index (χ4v) is 3.03. The molecular weight excluding hydrogens is 400 g/mol. The molecule has 0 spiro atoms. The van der Waals surface area contributed by atoms with Crippen LogP contribution in [0.5, 0.6) is 11.5 Å². The molecule has 2 aromatic carbocycles. The van der Waals surface area contributed by atoms with E-state index in [1.165, 1.54) is 6.08 Å². The lowest BCUT2D eigenvalue weighted by atomic mass is 10.0. The van der Waals surface area contributed by atoms with E-state index in [0.717, 1.165) is 0 Å². The van der Waals surface area contributed by atoms with Gasteiger partial charge in [0.1, 0.15) is 5.70 Å². The molecular formula is C23H23N2O6-. The second-order valence-corrected chi connectivity index (χ2v) is 7.47. The van der Waals surface area contributed by atoms with Gasteiger partial charge in [-0.2, -0.15) is 0 Å². The quantitative estimate of drug-likeness (QED) is 0.621. The Morgan fingerprint density at radius 3 is 2.45 bits per heavy atom. The Morgan fingerprint density at radius 1 is 1.06 bits per heavy atom. The highest BCUT2D eigenvalue weighted by Gasteiger charge is 2.21. The number of hydrogen-bond acceptors (Lipinski definition) is 6. The molecule has 0 radical (unpaired) electrons. The molecule has 1 atom stereocenters. The van der Waals surface area contributed by atoms with E-state index < -0.39 is 23.8 Å². The number of benzene rings is 2. The number of aliphatic carboxylic acids is 1. The lowest BCUT2D eigenvalue weighted by molar-refractivity contribution is -0.308. The van der Waals surface area contributed by atoms with E-state index >= 15 is 0 Å². The summed E-state index contributed by atoms with van der Waals surface area (Å²) < 4.78 is 10.6. The minimum atomic E-state index is -1.39. The van der Waals surface area contributed by atoms with Crippen molar-refractivity contribution in [2.45, 2.75) is 26.3 Å². The van der Waals surface area contributed by atoms with Crippen molar-refractivity contribution in [1.29, 1.82) is 0 Å². The summed E-state index contributed by atoms with van der Waals surface area (Å²) in [5.41, 5.74) is 0.810. The normalized spacial score (nSPS) is 13.6. The van der Waals surface area contributed by atoms with Crippen LogP contribution in [-0.4, -0.2) is 30.6 Å². The zero-order valence-corrected chi connectivity index (χ0v) is 17.2. The summed E-state index contributed by atoms with van der Waals surface area (Å²) >= 11 is 0. The maximum atomic E-state index is 12.9. The molecule has 162 valence electrons. The van der Waals surface area contributed by atoms with Gasteiger partial charge in [-0.25, -0.2) is 0 Å². The molecule has 31 heavy (non-hydrogen) atoms. The largest absolute Gasteiger partial charge is 0.548 e. The molecule has 0 aromatic heterocycles. The maximum absolute atomic E-state index is 12.9. The van der Waals surface area contributed by atoms with Crippen LogP contribution in [0.15, 0.2) is 54.2 Å². The molecule has 2 N–H and O–H groups in total. The van der Waals surface area contributed by atoms with Gasteiger partial charge in [-0.3, -0.25) is 9.59 Å². The predicted octanol–water partition coefficient (Wildman–Crippen LogP) is 1.47. The Hall–Kier alpha value is -3.81. The number of carbonyl (C=O) groups is 3. The SMILES string of the molecule is CC(C)C[C@H](NC(=O)/C(=C/c1ccc2c(c1)OCO2)NC(=O)c1ccccc1)C(=O)[O-]. The van der Waals surface area contributed by atoms with Crippen LogP contribution in [0.1, 0.15) is 36.2 Å². The second kappa shape index (κ2) is 9.80. The van der Waals surface area contributed by atoms with Crippen LogP contribution in [-0.2, 0) is 9.59 Å². The van der Waals surface area contributed by atoms with Crippen LogP contribution in [0.2, 0.25) is 0 Å². The lowest BCUT2D eigenvalue weighted by Crippen LogP contribution is -2.50. The van der Waals surface area contributed by atoms with Gasteiger partial charge in [0.2, 0.25) is 6.79 Å². The summed E-state index contributed by atoms with van der Waals surface area (Å²) in [4.78, 5) is 37.0. The van der Waals surface area contributed by atoms with E-state index in [4.69, 9.17) is 9.47 Å². The first-order valence-corrected chi connectivity index (χ1v) is 9.83. The maximum Gasteiger partial charge on any atom is 0.268 e. The van der Waals surface area contributed by atoms with Crippen LogP contribution in [0.25, 0.3) is 6.08 Å². The number of fused-ring (bicyclic) bond motifs is 1. The van der Waals surface area contributed by atoms with Crippen molar-refractivity contribution < 1.29 is 29.0 Å². The first-order chi connectivity index (χ1) is 14.8. The summed E-state index contributed by atoms with van der Waals surface area (Å²) in [6.07, 6.45) is 1.64. The van der Waals surface area contributed by atoms with Crippen molar-refractivity contribution >= 4 is 23.9 Å². The number of amides is 2. The topological polar surface area (TPSA) is 117 Å². The van der Waals surface area contributed by atoms with Crippen molar-refractivity contribution in [3.8, 4) is 11.5 Å². The van der Waals surface area contributed by atoms with E-state index in [-0.39, 0.29) is 24.8 Å². The first-order valence-electron chi connectivity index (χ1n) is 9.83. The number of rotatable bonds is 8. The zero-order chi connectivity index (χ0) is 22.4. The predicted molar refractivity (Wildman–Crippen MR) is 111 cm³/mol. The molecule has 1 aliphatic heterocycles. The average Bonchev–Trinajstić information content (AvgIpc) is 3.20. The first kappa shape index (κ1) is 21.9. The minimum Gasteiger partial charge on any atom is -0.548 e. The van der Waals surface area contributed by atoms with E-state index in [0.29, 0.717) is 22.6 Å². The molecule has 0 aliphatic carbocycles.